The molecule has 0 aliphatic rings. The van der Waals surface area contributed by atoms with Crippen LogP contribution in [-0.2, 0) is 24.8 Å². The molecule has 2 amide bonds. The Kier molecular flexibility index (Phi) is 6.25. The molecule has 0 aliphatic heterocycles. The molecule has 10 heteroatoms. The van der Waals surface area contributed by atoms with Gasteiger partial charge in [0, 0.05) is 11.5 Å². The van der Waals surface area contributed by atoms with Crippen molar-refractivity contribution in [3.05, 3.63) is 59.7 Å². The number of benzene rings is 2. The number of carbonyl (C=O) groups excluding carboxylic acids is 2. The third-order valence-electron chi connectivity index (χ3n) is 3.67. The van der Waals surface area contributed by atoms with Crippen molar-refractivity contribution < 1.29 is 26.4 Å². The van der Waals surface area contributed by atoms with Crippen LogP contribution in [0.15, 0.2) is 58.3 Å². The average Bonchev–Trinajstić information content (AvgIpc) is 2.61. The Hall–Kier alpha value is -2.72. The van der Waals surface area contributed by atoms with Gasteiger partial charge in [0.1, 0.15) is 0 Å². The lowest BCUT2D eigenvalue weighted by Crippen LogP contribution is -2.34. The molecule has 0 aromatic heterocycles. The summed E-state index contributed by atoms with van der Waals surface area (Å²) in [6.45, 7) is 4.55. The normalized spacial score (nSPS) is 11.9. The van der Waals surface area contributed by atoms with Gasteiger partial charge in [-0.05, 0) is 42.8 Å². The Labute approximate surface area is 164 Å². The highest BCUT2D eigenvalue weighted by molar-refractivity contribution is 7.91. The van der Waals surface area contributed by atoms with Gasteiger partial charge in [-0.1, -0.05) is 32.0 Å². The Balaban J connectivity index is 2.39. The minimum absolute atomic E-state index is 0.135. The molecular formula is C18H20N2O6S2. The van der Waals surface area contributed by atoms with Gasteiger partial charge in [0.05, 0.1) is 9.79 Å². The van der Waals surface area contributed by atoms with Crippen molar-refractivity contribution in [3.63, 3.8) is 0 Å². The lowest BCUT2D eigenvalue weighted by atomic mass is 10.2. The first-order chi connectivity index (χ1) is 12.9. The van der Waals surface area contributed by atoms with E-state index < -0.39 is 47.6 Å². The Morgan fingerprint density at radius 1 is 0.821 bits per heavy atom. The zero-order valence-electron chi connectivity index (χ0n) is 15.5. The van der Waals surface area contributed by atoms with Gasteiger partial charge in [-0.2, -0.15) is 0 Å². The van der Waals surface area contributed by atoms with Crippen LogP contribution >= 0.6 is 0 Å². The van der Waals surface area contributed by atoms with E-state index >= 15 is 0 Å². The number of amides is 2. The topological polar surface area (TPSA) is 126 Å². The molecule has 0 radical (unpaired) electrons. The maximum atomic E-state index is 12.6. The molecule has 0 heterocycles. The van der Waals surface area contributed by atoms with Crippen LogP contribution in [0.5, 0.6) is 0 Å². The van der Waals surface area contributed by atoms with Crippen molar-refractivity contribution >= 4 is 31.9 Å². The van der Waals surface area contributed by atoms with E-state index in [4.69, 9.17) is 0 Å². The molecule has 150 valence electrons. The third kappa shape index (κ3) is 5.17. The maximum absolute atomic E-state index is 12.6. The standard InChI is InChI=1S/C18H20N2O6S2/c1-12(2)17(21)19-27(23,24)15-9-13(3)10-16(11-15)28(25,26)20-18(22)14-7-5-4-6-8-14/h4-12H,1-3H3,(H,19,21)(H,20,22). The highest BCUT2D eigenvalue weighted by atomic mass is 32.2. The van der Waals surface area contributed by atoms with Crippen molar-refractivity contribution in [2.45, 2.75) is 30.6 Å². The minimum atomic E-state index is -4.33. The highest BCUT2D eigenvalue weighted by Crippen LogP contribution is 2.19. The second-order valence-corrected chi connectivity index (χ2v) is 9.77. The first kappa shape index (κ1) is 21.6. The van der Waals surface area contributed by atoms with Gasteiger partial charge in [-0.25, -0.2) is 26.3 Å². The van der Waals surface area contributed by atoms with Crippen LogP contribution < -0.4 is 9.44 Å². The summed E-state index contributed by atoms with van der Waals surface area (Å²) in [5.41, 5.74) is 0.461. The Bertz CT molecular complexity index is 1110. The van der Waals surface area contributed by atoms with Gasteiger partial charge in [0.25, 0.3) is 26.0 Å². The van der Waals surface area contributed by atoms with Gasteiger partial charge in [-0.15, -0.1) is 0 Å². The molecule has 2 aromatic carbocycles. The molecule has 8 nitrogen and oxygen atoms in total. The van der Waals surface area contributed by atoms with Crippen molar-refractivity contribution in [1.29, 1.82) is 0 Å². The van der Waals surface area contributed by atoms with Crippen LogP contribution in [-0.4, -0.2) is 28.6 Å². The van der Waals surface area contributed by atoms with E-state index in [1.807, 2.05) is 9.44 Å². The predicted octanol–water partition coefficient (Wildman–Crippen LogP) is 1.57. The van der Waals surface area contributed by atoms with Crippen molar-refractivity contribution in [2.75, 3.05) is 0 Å². The van der Waals surface area contributed by atoms with E-state index in [0.29, 0.717) is 5.56 Å². The highest BCUT2D eigenvalue weighted by Gasteiger charge is 2.24. The van der Waals surface area contributed by atoms with Crippen molar-refractivity contribution in [1.82, 2.24) is 9.44 Å². The lowest BCUT2D eigenvalue weighted by molar-refractivity contribution is -0.122. The molecule has 2 N–H and O–H groups in total. The van der Waals surface area contributed by atoms with Gasteiger partial charge in [0.15, 0.2) is 0 Å². The zero-order valence-corrected chi connectivity index (χ0v) is 17.1. The molecule has 0 aliphatic carbocycles. The van der Waals surface area contributed by atoms with Gasteiger partial charge < -0.3 is 0 Å². The number of nitrogens with one attached hydrogen (secondary N) is 2. The summed E-state index contributed by atoms with van der Waals surface area (Å²) in [6.07, 6.45) is 0. The predicted molar refractivity (Wildman–Crippen MR) is 102 cm³/mol. The fourth-order valence-electron chi connectivity index (χ4n) is 2.16. The quantitative estimate of drug-likeness (QED) is 0.725. The van der Waals surface area contributed by atoms with Crippen LogP contribution in [0.25, 0.3) is 0 Å². The summed E-state index contributed by atoms with van der Waals surface area (Å²) in [4.78, 5) is 23.1. The lowest BCUT2D eigenvalue weighted by Gasteiger charge is -2.12. The fourth-order valence-corrected chi connectivity index (χ4v) is 4.58. The maximum Gasteiger partial charge on any atom is 0.264 e. The molecule has 0 unspecified atom stereocenters. The zero-order chi connectivity index (χ0) is 21.1. The van der Waals surface area contributed by atoms with Crippen LogP contribution in [0.2, 0.25) is 0 Å². The number of sulfonamides is 2. The molecule has 0 spiro atoms. The van der Waals surface area contributed by atoms with Gasteiger partial charge >= 0.3 is 0 Å². The largest absolute Gasteiger partial charge is 0.274 e. The monoisotopic (exact) mass is 424 g/mol. The summed E-state index contributed by atoms with van der Waals surface area (Å²) in [6, 6.07) is 11.1. The van der Waals surface area contributed by atoms with E-state index in [1.54, 1.807) is 18.2 Å². The molecule has 2 rings (SSSR count). The molecule has 0 bridgehead atoms. The number of hydrogen-bond donors (Lipinski definition) is 2. The molecule has 2 aromatic rings. The first-order valence-electron chi connectivity index (χ1n) is 8.23. The van der Waals surface area contributed by atoms with E-state index in [1.165, 1.54) is 45.0 Å². The molecule has 28 heavy (non-hydrogen) atoms. The Morgan fingerprint density at radius 2 is 1.32 bits per heavy atom. The SMILES string of the molecule is Cc1cc(S(=O)(=O)NC(=O)c2ccccc2)cc(S(=O)(=O)NC(=O)C(C)C)c1. The summed E-state index contributed by atoms with van der Waals surface area (Å²) in [5, 5.41) is 0. The summed E-state index contributed by atoms with van der Waals surface area (Å²) >= 11 is 0. The molecule has 0 saturated carbocycles. The first-order valence-corrected chi connectivity index (χ1v) is 11.2. The van der Waals surface area contributed by atoms with Crippen LogP contribution in [0.3, 0.4) is 0 Å². The fraction of sp³-hybridized carbons (Fsp3) is 0.222. The van der Waals surface area contributed by atoms with E-state index in [0.717, 1.165) is 6.07 Å². The second-order valence-electron chi connectivity index (χ2n) is 6.41. The van der Waals surface area contributed by atoms with E-state index in [-0.39, 0.29) is 5.56 Å². The number of rotatable bonds is 6. The van der Waals surface area contributed by atoms with Crippen molar-refractivity contribution in [2.24, 2.45) is 5.92 Å². The Morgan fingerprint density at radius 3 is 1.82 bits per heavy atom. The van der Waals surface area contributed by atoms with Crippen LogP contribution in [0, 0.1) is 12.8 Å². The molecule has 0 atom stereocenters. The number of carbonyl (C=O) groups is 2. The number of aryl methyl sites for hydroxylation is 1. The summed E-state index contributed by atoms with van der Waals surface area (Å²) in [7, 11) is -8.60. The second kappa shape index (κ2) is 8.11. The molecular weight excluding hydrogens is 404 g/mol. The minimum Gasteiger partial charge on any atom is -0.274 e. The average molecular weight is 425 g/mol. The van der Waals surface area contributed by atoms with Gasteiger partial charge in [0.2, 0.25) is 5.91 Å². The number of hydrogen-bond acceptors (Lipinski definition) is 6. The molecule has 0 fully saturated rings. The van der Waals surface area contributed by atoms with Crippen molar-refractivity contribution in [3.8, 4) is 0 Å². The summed E-state index contributed by atoms with van der Waals surface area (Å²) in [5.74, 6) is -2.14. The van der Waals surface area contributed by atoms with Crippen LogP contribution in [0.4, 0.5) is 0 Å². The van der Waals surface area contributed by atoms with Crippen LogP contribution in [0.1, 0.15) is 29.8 Å². The van der Waals surface area contributed by atoms with E-state index in [2.05, 4.69) is 0 Å². The third-order valence-corrected chi connectivity index (χ3v) is 6.30. The summed E-state index contributed by atoms with van der Waals surface area (Å²) < 4.78 is 53.7. The van der Waals surface area contributed by atoms with E-state index in [9.17, 15) is 26.4 Å². The molecule has 0 saturated heterocycles. The smallest absolute Gasteiger partial charge is 0.264 e. The van der Waals surface area contributed by atoms with Gasteiger partial charge in [-0.3, -0.25) is 9.59 Å².